The van der Waals surface area contributed by atoms with E-state index in [2.05, 4.69) is 6.92 Å². The lowest BCUT2D eigenvalue weighted by molar-refractivity contribution is 0.300. The Hall–Kier alpha value is -1.38. The Morgan fingerprint density at radius 3 is 1.50 bits per heavy atom. The summed E-state index contributed by atoms with van der Waals surface area (Å²) >= 11 is 0. The van der Waals surface area contributed by atoms with Crippen LogP contribution in [0.1, 0.15) is 110 Å². The monoisotopic (exact) mass is 392 g/mol. The van der Waals surface area contributed by atoms with Crippen LogP contribution in [-0.2, 0) is 0 Å². The van der Waals surface area contributed by atoms with E-state index in [0.717, 1.165) is 6.42 Å². The van der Waals surface area contributed by atoms with Crippen LogP contribution in [0.15, 0.2) is 18.2 Å². The van der Waals surface area contributed by atoms with Crippen LogP contribution in [0.4, 0.5) is 0 Å². The van der Waals surface area contributed by atoms with Crippen LogP contribution < -0.4 is 9.47 Å². The lowest BCUT2D eigenvalue weighted by atomic mass is 10.0. The van der Waals surface area contributed by atoms with Gasteiger partial charge in [0.1, 0.15) is 17.2 Å². The SMILES string of the molecule is CCCCCCCCCCCCCCCCCCOc1cc(O)cc(OC)c1. The van der Waals surface area contributed by atoms with E-state index in [-0.39, 0.29) is 5.75 Å². The minimum Gasteiger partial charge on any atom is -0.508 e. The van der Waals surface area contributed by atoms with E-state index < -0.39 is 0 Å². The highest BCUT2D eigenvalue weighted by Gasteiger charge is 2.01. The third kappa shape index (κ3) is 13.7. The number of aromatic hydroxyl groups is 1. The highest BCUT2D eigenvalue weighted by atomic mass is 16.5. The topological polar surface area (TPSA) is 38.7 Å². The molecule has 0 atom stereocenters. The molecule has 3 heteroatoms. The molecular formula is C25H44O3. The first-order valence-corrected chi connectivity index (χ1v) is 11.8. The summed E-state index contributed by atoms with van der Waals surface area (Å²) in [5.74, 6) is 1.49. The second-order valence-electron chi connectivity index (χ2n) is 8.02. The molecule has 0 aliphatic rings. The van der Waals surface area contributed by atoms with Crippen molar-refractivity contribution >= 4 is 0 Å². The van der Waals surface area contributed by atoms with Crippen LogP contribution in [0, 0.1) is 0 Å². The quantitative estimate of drug-likeness (QED) is 0.242. The van der Waals surface area contributed by atoms with Crippen molar-refractivity contribution in [1.29, 1.82) is 0 Å². The molecule has 1 aromatic carbocycles. The van der Waals surface area contributed by atoms with Crippen molar-refractivity contribution in [2.24, 2.45) is 0 Å². The number of rotatable bonds is 19. The predicted octanol–water partition coefficient (Wildman–Crippen LogP) is 8.04. The van der Waals surface area contributed by atoms with Crippen LogP contribution in [0.3, 0.4) is 0 Å². The Labute approximate surface area is 173 Å². The molecule has 1 rings (SSSR count). The lowest BCUT2D eigenvalue weighted by Crippen LogP contribution is -1.97. The van der Waals surface area contributed by atoms with Crippen molar-refractivity contribution in [1.82, 2.24) is 0 Å². The summed E-state index contributed by atoms with van der Waals surface area (Å²) in [7, 11) is 1.59. The van der Waals surface area contributed by atoms with E-state index in [1.807, 2.05) is 6.07 Å². The average Bonchev–Trinajstić information content (AvgIpc) is 2.70. The molecule has 0 aliphatic heterocycles. The molecule has 0 amide bonds. The third-order valence-electron chi connectivity index (χ3n) is 5.37. The Bertz CT molecular complexity index is 473. The first-order valence-electron chi connectivity index (χ1n) is 11.8. The van der Waals surface area contributed by atoms with Gasteiger partial charge in [-0.15, -0.1) is 0 Å². The molecule has 0 radical (unpaired) electrons. The fourth-order valence-corrected chi connectivity index (χ4v) is 3.60. The van der Waals surface area contributed by atoms with Crippen molar-refractivity contribution in [2.45, 2.75) is 110 Å². The van der Waals surface area contributed by atoms with E-state index in [0.29, 0.717) is 18.1 Å². The molecule has 28 heavy (non-hydrogen) atoms. The smallest absolute Gasteiger partial charge is 0.126 e. The summed E-state index contributed by atoms with van der Waals surface area (Å²) in [6.45, 7) is 2.98. The predicted molar refractivity (Wildman–Crippen MR) is 120 cm³/mol. The summed E-state index contributed by atoms with van der Waals surface area (Å²) < 4.78 is 10.8. The summed E-state index contributed by atoms with van der Waals surface area (Å²) in [5, 5.41) is 9.61. The fourth-order valence-electron chi connectivity index (χ4n) is 3.60. The number of ether oxygens (including phenoxy) is 2. The normalized spacial score (nSPS) is 10.9. The van der Waals surface area contributed by atoms with Crippen LogP contribution in [0.5, 0.6) is 17.2 Å². The molecule has 0 fully saturated rings. The van der Waals surface area contributed by atoms with Gasteiger partial charge in [0, 0.05) is 18.2 Å². The van der Waals surface area contributed by atoms with E-state index >= 15 is 0 Å². The van der Waals surface area contributed by atoms with E-state index in [1.165, 1.54) is 96.3 Å². The van der Waals surface area contributed by atoms with Gasteiger partial charge in [0.15, 0.2) is 0 Å². The summed E-state index contributed by atoms with van der Waals surface area (Å²) in [5.41, 5.74) is 0. The molecule has 0 bridgehead atoms. The second-order valence-corrected chi connectivity index (χ2v) is 8.02. The van der Waals surface area contributed by atoms with Gasteiger partial charge < -0.3 is 14.6 Å². The molecule has 162 valence electrons. The Morgan fingerprint density at radius 2 is 1.04 bits per heavy atom. The summed E-state index contributed by atoms with van der Waals surface area (Å²) in [6.07, 6.45) is 22.0. The van der Waals surface area contributed by atoms with Crippen LogP contribution in [0.2, 0.25) is 0 Å². The Kier molecular flexibility index (Phi) is 15.6. The van der Waals surface area contributed by atoms with Crippen molar-refractivity contribution in [2.75, 3.05) is 13.7 Å². The Morgan fingerprint density at radius 1 is 0.607 bits per heavy atom. The Balaban J connectivity index is 1.82. The van der Waals surface area contributed by atoms with E-state index in [1.54, 1.807) is 19.2 Å². The summed E-state index contributed by atoms with van der Waals surface area (Å²) in [4.78, 5) is 0. The number of methoxy groups -OCH3 is 1. The molecule has 1 N–H and O–H groups in total. The molecular weight excluding hydrogens is 348 g/mol. The fraction of sp³-hybridized carbons (Fsp3) is 0.760. The van der Waals surface area contributed by atoms with Gasteiger partial charge in [0.2, 0.25) is 0 Å². The molecule has 0 saturated heterocycles. The number of phenolic OH excluding ortho intramolecular Hbond substituents is 1. The van der Waals surface area contributed by atoms with Crippen LogP contribution in [0.25, 0.3) is 0 Å². The number of phenols is 1. The average molecular weight is 393 g/mol. The molecule has 0 aliphatic carbocycles. The first-order chi connectivity index (χ1) is 13.8. The lowest BCUT2D eigenvalue weighted by Gasteiger charge is -2.08. The zero-order chi connectivity index (χ0) is 20.3. The van der Waals surface area contributed by atoms with E-state index in [9.17, 15) is 5.11 Å². The number of hydrogen-bond donors (Lipinski definition) is 1. The highest BCUT2D eigenvalue weighted by Crippen LogP contribution is 2.26. The van der Waals surface area contributed by atoms with Gasteiger partial charge in [-0.3, -0.25) is 0 Å². The maximum absolute atomic E-state index is 9.61. The molecule has 0 spiro atoms. The van der Waals surface area contributed by atoms with E-state index in [4.69, 9.17) is 9.47 Å². The van der Waals surface area contributed by atoms with Crippen molar-refractivity contribution < 1.29 is 14.6 Å². The van der Waals surface area contributed by atoms with Gasteiger partial charge in [-0.1, -0.05) is 103 Å². The van der Waals surface area contributed by atoms with Gasteiger partial charge in [0.25, 0.3) is 0 Å². The largest absolute Gasteiger partial charge is 0.508 e. The number of benzene rings is 1. The standard InChI is InChI=1S/C25H44O3/c1-3-4-5-6-7-8-9-10-11-12-13-14-15-16-17-18-19-28-25-21-23(26)20-24(22-25)27-2/h20-22,26H,3-19H2,1-2H3. The maximum Gasteiger partial charge on any atom is 0.126 e. The summed E-state index contributed by atoms with van der Waals surface area (Å²) in [6, 6.07) is 5.03. The van der Waals surface area contributed by atoms with Crippen molar-refractivity contribution in [3.05, 3.63) is 18.2 Å². The zero-order valence-electron chi connectivity index (χ0n) is 18.5. The second kappa shape index (κ2) is 17.7. The highest BCUT2D eigenvalue weighted by molar-refractivity contribution is 5.41. The molecule has 1 aromatic rings. The van der Waals surface area contributed by atoms with Gasteiger partial charge >= 0.3 is 0 Å². The molecule has 3 nitrogen and oxygen atoms in total. The molecule has 0 unspecified atom stereocenters. The number of unbranched alkanes of at least 4 members (excludes halogenated alkanes) is 15. The first kappa shape index (κ1) is 24.7. The minimum atomic E-state index is 0.182. The zero-order valence-corrected chi connectivity index (χ0v) is 18.5. The van der Waals surface area contributed by atoms with Gasteiger partial charge in [-0.05, 0) is 6.42 Å². The van der Waals surface area contributed by atoms with Gasteiger partial charge in [-0.2, -0.15) is 0 Å². The van der Waals surface area contributed by atoms with Crippen LogP contribution >= 0.6 is 0 Å². The molecule has 0 saturated carbocycles. The van der Waals surface area contributed by atoms with Gasteiger partial charge in [0.05, 0.1) is 13.7 Å². The van der Waals surface area contributed by atoms with Crippen molar-refractivity contribution in [3.63, 3.8) is 0 Å². The molecule has 0 heterocycles. The minimum absolute atomic E-state index is 0.182. The maximum atomic E-state index is 9.61. The van der Waals surface area contributed by atoms with Gasteiger partial charge in [-0.25, -0.2) is 0 Å². The van der Waals surface area contributed by atoms with Crippen molar-refractivity contribution in [3.8, 4) is 17.2 Å². The van der Waals surface area contributed by atoms with Crippen LogP contribution in [-0.4, -0.2) is 18.8 Å². The number of hydrogen-bond acceptors (Lipinski definition) is 3. The third-order valence-corrected chi connectivity index (χ3v) is 5.37. The molecule has 0 aromatic heterocycles.